The van der Waals surface area contributed by atoms with Crippen molar-refractivity contribution in [1.29, 1.82) is 5.26 Å². The molecule has 0 atom stereocenters. The summed E-state index contributed by atoms with van der Waals surface area (Å²) in [5.41, 5.74) is 1.04. The molecule has 0 aliphatic heterocycles. The predicted molar refractivity (Wildman–Crippen MR) is 90.2 cm³/mol. The number of carboxylic acids is 1. The third-order valence-corrected chi connectivity index (χ3v) is 3.08. The van der Waals surface area contributed by atoms with Gasteiger partial charge in [-0.05, 0) is 48.0 Å². The van der Waals surface area contributed by atoms with Gasteiger partial charge in [0, 0.05) is 6.08 Å². The second-order valence-electron chi connectivity index (χ2n) is 4.91. The van der Waals surface area contributed by atoms with Crippen LogP contribution in [0.1, 0.15) is 22.3 Å². The van der Waals surface area contributed by atoms with E-state index >= 15 is 0 Å². The molecule has 25 heavy (non-hydrogen) atoms. The molecule has 0 saturated carbocycles. The van der Waals surface area contributed by atoms with Crippen molar-refractivity contribution in [3.63, 3.8) is 0 Å². The van der Waals surface area contributed by atoms with E-state index in [0.29, 0.717) is 35.7 Å². The van der Waals surface area contributed by atoms with Crippen LogP contribution in [0, 0.1) is 11.3 Å². The number of nitriles is 1. The van der Waals surface area contributed by atoms with Crippen LogP contribution in [0.3, 0.4) is 0 Å². The fourth-order valence-corrected chi connectivity index (χ4v) is 1.88. The van der Waals surface area contributed by atoms with Crippen LogP contribution in [0.4, 0.5) is 0 Å². The molecular formula is C19H15NO5. The van der Waals surface area contributed by atoms with Gasteiger partial charge >= 0.3 is 11.9 Å². The number of ether oxygens (including phenoxy) is 2. The summed E-state index contributed by atoms with van der Waals surface area (Å²) in [6.45, 7) is 0.295. The third kappa shape index (κ3) is 5.84. The molecule has 0 aliphatic rings. The van der Waals surface area contributed by atoms with Crippen LogP contribution in [0.15, 0.2) is 54.6 Å². The molecule has 0 radical (unpaired) electrons. The normalized spacial score (nSPS) is 10.2. The molecule has 2 aromatic rings. The lowest BCUT2D eigenvalue weighted by atomic mass is 10.2. The van der Waals surface area contributed by atoms with Crippen molar-refractivity contribution in [2.75, 3.05) is 6.61 Å². The van der Waals surface area contributed by atoms with Crippen LogP contribution < -0.4 is 9.47 Å². The second kappa shape index (κ2) is 8.89. The fourth-order valence-electron chi connectivity index (χ4n) is 1.88. The minimum Gasteiger partial charge on any atom is -0.493 e. The molecule has 2 rings (SSSR count). The molecule has 0 fully saturated rings. The van der Waals surface area contributed by atoms with Gasteiger partial charge in [0.2, 0.25) is 0 Å². The summed E-state index contributed by atoms with van der Waals surface area (Å²) in [6, 6.07) is 14.9. The first-order valence-corrected chi connectivity index (χ1v) is 7.41. The molecule has 0 amide bonds. The first-order valence-electron chi connectivity index (χ1n) is 7.41. The number of carbonyl (C=O) groups excluding carboxylic acids is 1. The Morgan fingerprint density at radius 2 is 1.68 bits per heavy atom. The first-order chi connectivity index (χ1) is 12.1. The first kappa shape index (κ1) is 17.8. The highest BCUT2D eigenvalue weighted by atomic mass is 16.5. The highest BCUT2D eigenvalue weighted by molar-refractivity contribution is 5.91. The van der Waals surface area contributed by atoms with E-state index in [-0.39, 0.29) is 0 Å². The van der Waals surface area contributed by atoms with E-state index in [0.717, 1.165) is 6.08 Å². The lowest BCUT2D eigenvalue weighted by Crippen LogP contribution is -2.08. The highest BCUT2D eigenvalue weighted by Gasteiger charge is 2.08. The molecule has 126 valence electrons. The number of carbonyl (C=O) groups is 2. The Labute approximate surface area is 144 Å². The van der Waals surface area contributed by atoms with E-state index in [2.05, 4.69) is 0 Å². The Morgan fingerprint density at radius 3 is 2.28 bits per heavy atom. The summed E-state index contributed by atoms with van der Waals surface area (Å²) in [6.07, 6.45) is 2.77. The van der Waals surface area contributed by atoms with Crippen molar-refractivity contribution in [3.05, 3.63) is 65.7 Å². The SMILES string of the molecule is N#CCCOc1ccc(C(=O)Oc2ccc(/C=C/C(=O)O)cc2)cc1. The van der Waals surface area contributed by atoms with Gasteiger partial charge in [0.05, 0.1) is 18.1 Å². The quantitative estimate of drug-likeness (QED) is 0.360. The minimum atomic E-state index is -1.03. The highest BCUT2D eigenvalue weighted by Crippen LogP contribution is 2.17. The standard InChI is InChI=1S/C19H15NO5/c20-12-1-13-24-16-9-5-15(6-10-16)19(23)25-17-7-2-14(3-8-17)4-11-18(21)22/h2-11H,1,13H2,(H,21,22)/b11-4+. The van der Waals surface area contributed by atoms with E-state index in [9.17, 15) is 9.59 Å². The van der Waals surface area contributed by atoms with Crippen LogP contribution in [0.5, 0.6) is 11.5 Å². The van der Waals surface area contributed by atoms with Crippen molar-refractivity contribution in [2.24, 2.45) is 0 Å². The maximum absolute atomic E-state index is 12.1. The lowest BCUT2D eigenvalue weighted by molar-refractivity contribution is -0.131. The van der Waals surface area contributed by atoms with E-state index in [4.69, 9.17) is 19.8 Å². The van der Waals surface area contributed by atoms with Gasteiger partial charge in [0.15, 0.2) is 0 Å². The largest absolute Gasteiger partial charge is 0.493 e. The lowest BCUT2D eigenvalue weighted by Gasteiger charge is -2.06. The van der Waals surface area contributed by atoms with Crippen LogP contribution in [0.25, 0.3) is 6.08 Å². The fraction of sp³-hybridized carbons (Fsp3) is 0.105. The Bertz CT molecular complexity index is 801. The van der Waals surface area contributed by atoms with Gasteiger partial charge in [-0.3, -0.25) is 0 Å². The molecule has 0 unspecified atom stereocenters. The van der Waals surface area contributed by atoms with Crippen molar-refractivity contribution in [1.82, 2.24) is 0 Å². The number of nitrogens with zero attached hydrogens (tertiary/aromatic N) is 1. The Balaban J connectivity index is 1.95. The van der Waals surface area contributed by atoms with Crippen molar-refractivity contribution < 1.29 is 24.2 Å². The second-order valence-corrected chi connectivity index (χ2v) is 4.91. The van der Waals surface area contributed by atoms with Crippen LogP contribution in [0.2, 0.25) is 0 Å². The number of benzene rings is 2. The van der Waals surface area contributed by atoms with Gasteiger partial charge < -0.3 is 14.6 Å². The van der Waals surface area contributed by atoms with Crippen molar-refractivity contribution in [3.8, 4) is 17.6 Å². The topological polar surface area (TPSA) is 96.6 Å². The molecule has 0 aromatic heterocycles. The van der Waals surface area contributed by atoms with Crippen LogP contribution >= 0.6 is 0 Å². The maximum atomic E-state index is 12.1. The number of hydrogen-bond donors (Lipinski definition) is 1. The van der Waals surface area contributed by atoms with Crippen molar-refractivity contribution in [2.45, 2.75) is 6.42 Å². The Morgan fingerprint density at radius 1 is 1.04 bits per heavy atom. The van der Waals surface area contributed by atoms with Crippen molar-refractivity contribution >= 4 is 18.0 Å². The zero-order chi connectivity index (χ0) is 18.1. The van der Waals surface area contributed by atoms with Gasteiger partial charge in [0.1, 0.15) is 18.1 Å². The number of hydrogen-bond acceptors (Lipinski definition) is 5. The van der Waals surface area contributed by atoms with Gasteiger partial charge in [-0.2, -0.15) is 5.26 Å². The monoisotopic (exact) mass is 337 g/mol. The summed E-state index contributed by atoms with van der Waals surface area (Å²) in [4.78, 5) is 22.5. The minimum absolute atomic E-state index is 0.293. The van der Waals surface area contributed by atoms with Crippen LogP contribution in [-0.4, -0.2) is 23.7 Å². The molecule has 1 N–H and O–H groups in total. The zero-order valence-electron chi connectivity index (χ0n) is 13.2. The van der Waals surface area contributed by atoms with E-state index < -0.39 is 11.9 Å². The molecular weight excluding hydrogens is 322 g/mol. The van der Waals surface area contributed by atoms with E-state index in [1.165, 1.54) is 6.08 Å². The van der Waals surface area contributed by atoms with E-state index in [1.54, 1.807) is 48.5 Å². The molecule has 0 aliphatic carbocycles. The van der Waals surface area contributed by atoms with Gasteiger partial charge in [-0.25, -0.2) is 9.59 Å². The number of rotatable bonds is 7. The molecule has 0 heterocycles. The molecule has 2 aromatic carbocycles. The smallest absolute Gasteiger partial charge is 0.343 e. The predicted octanol–water partition coefficient (Wildman–Crippen LogP) is 3.30. The molecule has 0 bridgehead atoms. The number of aliphatic carboxylic acids is 1. The van der Waals surface area contributed by atoms with Gasteiger partial charge in [0.25, 0.3) is 0 Å². The van der Waals surface area contributed by atoms with E-state index in [1.807, 2.05) is 6.07 Å². The summed E-state index contributed by atoms with van der Waals surface area (Å²) in [5, 5.41) is 17.0. The summed E-state index contributed by atoms with van der Waals surface area (Å²) in [7, 11) is 0. The molecule has 0 spiro atoms. The Hall–Kier alpha value is -3.59. The maximum Gasteiger partial charge on any atom is 0.343 e. The average Bonchev–Trinajstić information content (AvgIpc) is 2.62. The molecule has 0 saturated heterocycles. The summed E-state index contributed by atoms with van der Waals surface area (Å²) < 4.78 is 10.6. The number of esters is 1. The Kier molecular flexibility index (Phi) is 6.32. The third-order valence-electron chi connectivity index (χ3n) is 3.08. The zero-order valence-corrected chi connectivity index (χ0v) is 13.2. The molecule has 6 nitrogen and oxygen atoms in total. The average molecular weight is 337 g/mol. The van der Waals surface area contributed by atoms with Gasteiger partial charge in [-0.1, -0.05) is 12.1 Å². The van der Waals surface area contributed by atoms with Gasteiger partial charge in [-0.15, -0.1) is 0 Å². The number of carboxylic acid groups (broad SMARTS) is 1. The summed E-state index contributed by atoms with van der Waals surface area (Å²) >= 11 is 0. The summed E-state index contributed by atoms with van der Waals surface area (Å²) in [5.74, 6) is -0.624. The van der Waals surface area contributed by atoms with Crippen LogP contribution in [-0.2, 0) is 4.79 Å². The molecule has 6 heteroatoms.